The number of benzene rings is 2. The third-order valence-electron chi connectivity index (χ3n) is 6.48. The monoisotopic (exact) mass is 466 g/mol. The smallest absolute Gasteiger partial charge is 0.407 e. The Bertz CT molecular complexity index is 1010. The summed E-state index contributed by atoms with van der Waals surface area (Å²) in [6, 6.07) is 14.2. The van der Waals surface area contributed by atoms with Gasteiger partial charge in [0, 0.05) is 12.5 Å². The van der Waals surface area contributed by atoms with Gasteiger partial charge in [0.05, 0.1) is 13.2 Å². The Morgan fingerprint density at radius 2 is 1.76 bits per heavy atom. The summed E-state index contributed by atoms with van der Waals surface area (Å²) < 4.78 is 10.8. The number of nitrogens with one attached hydrogen (secondary N) is 1. The van der Waals surface area contributed by atoms with Gasteiger partial charge in [0.25, 0.3) is 0 Å². The highest BCUT2D eigenvalue weighted by Gasteiger charge is 2.37. The molecule has 8 heteroatoms. The number of carbonyl (C=O) groups excluding carboxylic acids is 2. The molecule has 180 valence electrons. The number of aliphatic carboxylic acids is 1. The van der Waals surface area contributed by atoms with Gasteiger partial charge in [-0.15, -0.1) is 0 Å². The van der Waals surface area contributed by atoms with Gasteiger partial charge < -0.3 is 24.8 Å². The minimum atomic E-state index is -1.12. The second-order valence-corrected chi connectivity index (χ2v) is 8.63. The minimum Gasteiger partial charge on any atom is -0.480 e. The summed E-state index contributed by atoms with van der Waals surface area (Å²) in [5.74, 6) is -1.63. The van der Waals surface area contributed by atoms with E-state index in [9.17, 15) is 19.5 Å². The Balaban J connectivity index is 1.44. The number of hydrogen-bond donors (Lipinski definition) is 2. The lowest BCUT2D eigenvalue weighted by atomic mass is 9.98. The number of nitrogens with zero attached hydrogens (tertiary/aromatic N) is 1. The van der Waals surface area contributed by atoms with Gasteiger partial charge in [-0.3, -0.25) is 4.79 Å². The molecule has 2 aliphatic rings. The van der Waals surface area contributed by atoms with Crippen LogP contribution >= 0.6 is 0 Å². The van der Waals surface area contributed by atoms with Crippen LogP contribution in [0.3, 0.4) is 0 Å². The molecule has 2 unspecified atom stereocenters. The zero-order valence-electron chi connectivity index (χ0n) is 19.2. The van der Waals surface area contributed by atoms with E-state index in [1.807, 2.05) is 43.3 Å². The second kappa shape index (κ2) is 10.7. The average molecular weight is 467 g/mol. The molecule has 34 heavy (non-hydrogen) atoms. The Hall–Kier alpha value is -3.39. The summed E-state index contributed by atoms with van der Waals surface area (Å²) in [4.78, 5) is 38.8. The SMILES string of the molecule is CCCCC(NC(=O)OCC1c2ccccc2-c2ccccc21)C(=O)N1CCOCC1C(=O)O. The summed E-state index contributed by atoms with van der Waals surface area (Å²) in [6.45, 7) is 2.51. The van der Waals surface area contributed by atoms with Crippen LogP contribution < -0.4 is 5.32 Å². The van der Waals surface area contributed by atoms with Crippen LogP contribution in [0.25, 0.3) is 11.1 Å². The maximum Gasteiger partial charge on any atom is 0.407 e. The standard InChI is InChI=1S/C26H30N2O6/c1-2-3-12-22(24(29)28-13-14-33-16-23(28)25(30)31)27-26(32)34-15-21-19-10-6-4-8-17(19)18-9-5-7-11-20(18)21/h4-11,21-23H,2-3,12-16H2,1H3,(H,27,32)(H,30,31). The van der Waals surface area contributed by atoms with Gasteiger partial charge in [-0.05, 0) is 28.7 Å². The molecule has 0 radical (unpaired) electrons. The minimum absolute atomic E-state index is 0.0630. The van der Waals surface area contributed by atoms with Crippen LogP contribution in [0, 0.1) is 0 Å². The van der Waals surface area contributed by atoms with E-state index in [2.05, 4.69) is 17.4 Å². The van der Waals surface area contributed by atoms with E-state index in [-0.39, 0.29) is 32.3 Å². The molecular formula is C26H30N2O6. The number of ether oxygens (including phenoxy) is 2. The predicted molar refractivity (Wildman–Crippen MR) is 125 cm³/mol. The van der Waals surface area contributed by atoms with E-state index in [1.165, 1.54) is 4.90 Å². The summed E-state index contributed by atoms with van der Waals surface area (Å²) in [7, 11) is 0. The maximum atomic E-state index is 13.2. The highest BCUT2D eigenvalue weighted by Crippen LogP contribution is 2.44. The topological polar surface area (TPSA) is 105 Å². The van der Waals surface area contributed by atoms with Gasteiger partial charge in [-0.2, -0.15) is 0 Å². The number of carboxylic acids is 1. The van der Waals surface area contributed by atoms with E-state index in [4.69, 9.17) is 9.47 Å². The zero-order chi connectivity index (χ0) is 24.1. The molecule has 0 bridgehead atoms. The Morgan fingerprint density at radius 1 is 1.12 bits per heavy atom. The first kappa shape index (κ1) is 23.8. The summed E-state index contributed by atoms with van der Waals surface area (Å²) in [6.07, 6.45) is 1.27. The number of alkyl carbamates (subject to hydrolysis) is 1. The van der Waals surface area contributed by atoms with Crippen LogP contribution in [0.2, 0.25) is 0 Å². The van der Waals surface area contributed by atoms with Crippen molar-refractivity contribution in [1.29, 1.82) is 0 Å². The Labute approximate surface area is 198 Å². The fourth-order valence-corrected chi connectivity index (χ4v) is 4.72. The van der Waals surface area contributed by atoms with Gasteiger partial charge in [-0.1, -0.05) is 68.3 Å². The summed E-state index contributed by atoms with van der Waals surface area (Å²) >= 11 is 0. The lowest BCUT2D eigenvalue weighted by Crippen LogP contribution is -2.58. The molecule has 1 aliphatic heterocycles. The third kappa shape index (κ3) is 4.92. The van der Waals surface area contributed by atoms with Crippen molar-refractivity contribution in [1.82, 2.24) is 10.2 Å². The van der Waals surface area contributed by atoms with Crippen molar-refractivity contribution in [3.8, 4) is 11.1 Å². The number of fused-ring (bicyclic) bond motifs is 3. The van der Waals surface area contributed by atoms with Crippen LogP contribution in [0.5, 0.6) is 0 Å². The summed E-state index contributed by atoms with van der Waals surface area (Å²) in [5, 5.41) is 12.2. The molecule has 1 saturated heterocycles. The number of rotatable bonds is 8. The van der Waals surface area contributed by atoms with Crippen LogP contribution in [-0.2, 0) is 19.1 Å². The first-order valence-corrected chi connectivity index (χ1v) is 11.7. The van der Waals surface area contributed by atoms with E-state index in [1.54, 1.807) is 0 Å². The molecule has 2 atom stereocenters. The molecule has 1 fully saturated rings. The largest absolute Gasteiger partial charge is 0.480 e. The van der Waals surface area contributed by atoms with Gasteiger partial charge in [0.15, 0.2) is 6.04 Å². The molecule has 2 N–H and O–H groups in total. The third-order valence-corrected chi connectivity index (χ3v) is 6.48. The van der Waals surface area contributed by atoms with E-state index < -0.39 is 30.1 Å². The zero-order valence-corrected chi connectivity index (χ0v) is 19.2. The number of unbranched alkanes of at least 4 members (excludes halogenated alkanes) is 1. The molecule has 2 amide bonds. The first-order chi connectivity index (χ1) is 16.5. The molecule has 2 aromatic carbocycles. The highest BCUT2D eigenvalue weighted by atomic mass is 16.5. The number of carbonyl (C=O) groups is 3. The van der Waals surface area contributed by atoms with Crippen molar-refractivity contribution < 1.29 is 29.0 Å². The molecule has 4 rings (SSSR count). The fourth-order valence-electron chi connectivity index (χ4n) is 4.72. The van der Waals surface area contributed by atoms with Gasteiger partial charge >= 0.3 is 12.1 Å². The van der Waals surface area contributed by atoms with Crippen molar-refractivity contribution in [3.63, 3.8) is 0 Å². The van der Waals surface area contributed by atoms with Crippen molar-refractivity contribution >= 4 is 18.0 Å². The maximum absolute atomic E-state index is 13.2. The van der Waals surface area contributed by atoms with Crippen LogP contribution in [-0.4, -0.2) is 66.4 Å². The average Bonchev–Trinajstić information content (AvgIpc) is 3.18. The quantitative estimate of drug-likeness (QED) is 0.618. The fraction of sp³-hybridized carbons (Fsp3) is 0.423. The Morgan fingerprint density at radius 3 is 2.38 bits per heavy atom. The van der Waals surface area contributed by atoms with Crippen molar-refractivity contribution in [2.45, 2.75) is 44.2 Å². The molecular weight excluding hydrogens is 436 g/mol. The molecule has 1 heterocycles. The molecule has 8 nitrogen and oxygen atoms in total. The number of morpholine rings is 1. The molecule has 1 aliphatic carbocycles. The van der Waals surface area contributed by atoms with Gasteiger partial charge in [-0.25, -0.2) is 9.59 Å². The van der Waals surface area contributed by atoms with E-state index in [0.29, 0.717) is 12.8 Å². The van der Waals surface area contributed by atoms with E-state index in [0.717, 1.165) is 28.7 Å². The second-order valence-electron chi connectivity index (χ2n) is 8.63. The number of hydrogen-bond acceptors (Lipinski definition) is 5. The molecule has 0 saturated carbocycles. The van der Waals surface area contributed by atoms with Crippen molar-refractivity contribution in [2.75, 3.05) is 26.4 Å². The molecule has 0 spiro atoms. The van der Waals surface area contributed by atoms with Crippen molar-refractivity contribution in [2.24, 2.45) is 0 Å². The van der Waals surface area contributed by atoms with Crippen LogP contribution in [0.1, 0.15) is 43.2 Å². The van der Waals surface area contributed by atoms with Crippen molar-refractivity contribution in [3.05, 3.63) is 59.7 Å². The summed E-state index contributed by atoms with van der Waals surface area (Å²) in [5.41, 5.74) is 4.48. The highest BCUT2D eigenvalue weighted by molar-refractivity contribution is 5.89. The van der Waals surface area contributed by atoms with E-state index >= 15 is 0 Å². The lowest BCUT2D eigenvalue weighted by Gasteiger charge is -2.35. The number of amides is 2. The lowest BCUT2D eigenvalue weighted by molar-refractivity contribution is -0.159. The van der Waals surface area contributed by atoms with Gasteiger partial charge in [0.1, 0.15) is 12.6 Å². The number of carboxylic acid groups (broad SMARTS) is 1. The Kier molecular flexibility index (Phi) is 7.47. The first-order valence-electron chi connectivity index (χ1n) is 11.7. The van der Waals surface area contributed by atoms with Gasteiger partial charge in [0.2, 0.25) is 5.91 Å². The molecule has 0 aromatic heterocycles. The van der Waals surface area contributed by atoms with Crippen LogP contribution in [0.4, 0.5) is 4.79 Å². The predicted octanol–water partition coefficient (Wildman–Crippen LogP) is 3.40. The van der Waals surface area contributed by atoms with Crippen LogP contribution in [0.15, 0.2) is 48.5 Å². The normalized spacial score (nSPS) is 18.0. The molecule has 2 aromatic rings.